The summed E-state index contributed by atoms with van der Waals surface area (Å²) in [5.41, 5.74) is 9.98. The highest BCUT2D eigenvalue weighted by Crippen LogP contribution is 2.49. The second-order valence-corrected chi connectivity index (χ2v) is 13.5. The average Bonchev–Trinajstić information content (AvgIpc) is 3.90. The topological polar surface area (TPSA) is 287 Å². The van der Waals surface area contributed by atoms with E-state index in [2.05, 4.69) is 26.2 Å². The quantitative estimate of drug-likeness (QED) is 0.156. The monoisotopic (exact) mass is 710 g/mol. The fourth-order valence-electron chi connectivity index (χ4n) is 6.04. The molecule has 8 atom stereocenters. The Hall–Kier alpha value is -4.54. The zero-order chi connectivity index (χ0) is 37.5. The van der Waals surface area contributed by atoms with E-state index in [-0.39, 0.29) is 23.7 Å². The number of nitriles is 2. The molecule has 3 aliphatic heterocycles. The lowest BCUT2D eigenvalue weighted by molar-refractivity contribution is -0.204. The van der Waals surface area contributed by atoms with Crippen molar-refractivity contribution >= 4 is 22.7 Å². The van der Waals surface area contributed by atoms with E-state index in [1.54, 1.807) is 39.2 Å². The molecule has 4 aromatic heterocycles. The fourth-order valence-corrected chi connectivity index (χ4v) is 6.04. The van der Waals surface area contributed by atoms with Crippen molar-refractivity contribution in [1.29, 1.82) is 10.5 Å². The van der Waals surface area contributed by atoms with Crippen LogP contribution in [-0.4, -0.2) is 118 Å². The molecule has 51 heavy (non-hydrogen) atoms. The Balaban J connectivity index is 0.000000172. The van der Waals surface area contributed by atoms with Crippen molar-refractivity contribution in [2.24, 2.45) is 0 Å². The number of aliphatic hydroxyl groups is 4. The molecule has 0 spiro atoms. The molecular formula is C32H42N10O9. The van der Waals surface area contributed by atoms with Crippen LogP contribution in [-0.2, 0) is 34.9 Å². The molecule has 0 aromatic carbocycles. The van der Waals surface area contributed by atoms with E-state index < -0.39 is 60.2 Å². The Morgan fingerprint density at radius 3 is 1.73 bits per heavy atom. The third kappa shape index (κ3) is 6.55. The Morgan fingerprint density at radius 1 is 0.824 bits per heavy atom. The third-order valence-electron chi connectivity index (χ3n) is 8.72. The van der Waals surface area contributed by atoms with Crippen LogP contribution in [0.15, 0.2) is 36.9 Å². The number of aromatic nitrogens is 6. The Bertz CT molecular complexity index is 1950. The highest BCUT2D eigenvalue weighted by Gasteiger charge is 2.65. The van der Waals surface area contributed by atoms with Crippen molar-refractivity contribution in [2.75, 3.05) is 31.8 Å². The second kappa shape index (κ2) is 13.9. The predicted molar refractivity (Wildman–Crippen MR) is 176 cm³/mol. The summed E-state index contributed by atoms with van der Waals surface area (Å²) < 4.78 is 30.9. The number of nitrogen functional groups attached to an aromatic ring is 2. The first-order valence-electron chi connectivity index (χ1n) is 15.9. The largest absolute Gasteiger partial charge is 0.394 e. The van der Waals surface area contributed by atoms with E-state index in [0.29, 0.717) is 22.5 Å². The highest BCUT2D eigenvalue weighted by molar-refractivity contribution is 5.67. The minimum absolute atomic E-state index is 0.0417. The number of rotatable bonds is 4. The van der Waals surface area contributed by atoms with Gasteiger partial charge >= 0.3 is 0 Å². The molecule has 19 heteroatoms. The van der Waals surface area contributed by atoms with Crippen LogP contribution in [0.2, 0.25) is 0 Å². The summed E-state index contributed by atoms with van der Waals surface area (Å²) in [6.07, 6.45) is -3.42. The summed E-state index contributed by atoms with van der Waals surface area (Å²) in [4.78, 5) is 7.77. The number of hydrogen-bond donors (Lipinski definition) is 6. The summed E-state index contributed by atoms with van der Waals surface area (Å²) in [7, 11) is 1.71. The fraction of sp³-hybridized carbons (Fsp3) is 0.562. The maximum absolute atomic E-state index is 10.2. The van der Waals surface area contributed by atoms with Gasteiger partial charge in [-0.3, -0.25) is 0 Å². The van der Waals surface area contributed by atoms with Gasteiger partial charge in [-0.2, -0.15) is 20.7 Å². The van der Waals surface area contributed by atoms with Crippen LogP contribution in [0, 0.1) is 22.7 Å². The molecule has 7 heterocycles. The van der Waals surface area contributed by atoms with E-state index in [1.807, 2.05) is 26.8 Å². The lowest BCUT2D eigenvalue weighted by Gasteiger charge is -2.28. The summed E-state index contributed by atoms with van der Waals surface area (Å²) in [6.45, 7) is 8.77. The third-order valence-corrected chi connectivity index (χ3v) is 8.72. The van der Waals surface area contributed by atoms with Crippen LogP contribution in [0.5, 0.6) is 0 Å². The van der Waals surface area contributed by atoms with Gasteiger partial charge in [-0.25, -0.2) is 19.0 Å². The van der Waals surface area contributed by atoms with Gasteiger partial charge in [-0.15, -0.1) is 0 Å². The van der Waals surface area contributed by atoms with Gasteiger partial charge in [0.1, 0.15) is 72.5 Å². The number of fused-ring (bicyclic) bond motifs is 3. The van der Waals surface area contributed by atoms with Gasteiger partial charge in [-0.05, 0) is 58.9 Å². The average molecular weight is 711 g/mol. The second-order valence-electron chi connectivity index (χ2n) is 13.5. The first-order chi connectivity index (χ1) is 24.0. The highest BCUT2D eigenvalue weighted by atomic mass is 16.8. The SMILES string of the molecule is CC1(C)O[C@H]2[C@@H](O1)[C@](C#N)(c1ccc3c(N)ncnn13)O[C@@H]2CO.COC(C)(C)C.N#C[C@@]1(c2ccc3c(N)ncnn23)O[C@H](CO)[C@@H](O)[C@H]1O. The minimum Gasteiger partial charge on any atom is -0.394 e. The molecule has 0 unspecified atom stereocenters. The molecule has 19 nitrogen and oxygen atoms in total. The van der Waals surface area contributed by atoms with Crippen molar-refractivity contribution in [3.05, 3.63) is 48.3 Å². The van der Waals surface area contributed by atoms with Gasteiger partial charge in [0, 0.05) is 7.11 Å². The minimum atomic E-state index is -1.85. The molecule has 274 valence electrons. The molecule has 0 amide bonds. The molecule has 0 saturated carbocycles. The molecule has 7 rings (SSSR count). The number of nitrogens with zero attached hydrogens (tertiary/aromatic N) is 8. The van der Waals surface area contributed by atoms with Gasteiger partial charge in [0.05, 0.1) is 30.2 Å². The Labute approximate surface area is 292 Å². The Kier molecular flexibility index (Phi) is 10.3. The number of ether oxygens (including phenoxy) is 5. The molecule has 3 saturated heterocycles. The number of aliphatic hydroxyl groups excluding tert-OH is 4. The smallest absolute Gasteiger partial charge is 0.226 e. The standard InChI is InChI=1S/C15H17N5O4.C12H13N5O4.C5H12O/c1-14(2)23-11-9(5-21)22-15(6-16,12(11)24-14)10-4-3-8-13(17)18-7-19-20(8)10;13-4-12(10(20)9(19)7(3-18)21-12)8-2-1-6-11(14)15-5-16-17(6)8;1-5(2,3)6-4/h3-4,7,9,11-12,21H,5H2,1-2H3,(H2,17,18,19);1-2,5,7,9-10,18-20H,3H2,(H2,14,15,16);1-4H3/t9-,11-,12-,15+;7-,9-,10-,12+;/m11./s1. The van der Waals surface area contributed by atoms with E-state index >= 15 is 0 Å². The Morgan fingerprint density at radius 2 is 1.29 bits per heavy atom. The van der Waals surface area contributed by atoms with Crippen LogP contribution >= 0.6 is 0 Å². The molecule has 0 aliphatic carbocycles. The summed E-state index contributed by atoms with van der Waals surface area (Å²) in [6, 6.07) is 10.6. The van der Waals surface area contributed by atoms with E-state index in [0.717, 1.165) is 0 Å². The zero-order valence-corrected chi connectivity index (χ0v) is 28.9. The molecular weight excluding hydrogens is 668 g/mol. The van der Waals surface area contributed by atoms with Crippen LogP contribution in [0.1, 0.15) is 46.0 Å². The maximum Gasteiger partial charge on any atom is 0.226 e. The number of hydrogen-bond acceptors (Lipinski definition) is 17. The molecule has 0 radical (unpaired) electrons. The van der Waals surface area contributed by atoms with Crippen LogP contribution in [0.3, 0.4) is 0 Å². The maximum atomic E-state index is 10.2. The predicted octanol–water partition coefficient (Wildman–Crippen LogP) is -0.484. The van der Waals surface area contributed by atoms with Crippen molar-refractivity contribution < 1.29 is 44.1 Å². The first kappa shape index (κ1) is 37.7. The van der Waals surface area contributed by atoms with Crippen LogP contribution in [0.4, 0.5) is 11.6 Å². The van der Waals surface area contributed by atoms with Crippen LogP contribution in [0.25, 0.3) is 11.0 Å². The summed E-state index contributed by atoms with van der Waals surface area (Å²) >= 11 is 0. The van der Waals surface area contributed by atoms with Crippen LogP contribution < -0.4 is 11.5 Å². The molecule has 0 bridgehead atoms. The lowest BCUT2D eigenvalue weighted by atomic mass is 9.92. The van der Waals surface area contributed by atoms with E-state index in [1.165, 1.54) is 27.8 Å². The summed E-state index contributed by atoms with van der Waals surface area (Å²) in [5.74, 6) is -0.381. The van der Waals surface area contributed by atoms with Crippen molar-refractivity contribution in [2.45, 2.75) is 93.8 Å². The van der Waals surface area contributed by atoms with Crippen molar-refractivity contribution in [3.8, 4) is 12.1 Å². The number of nitrogens with two attached hydrogens (primary N) is 2. The molecule has 4 aromatic rings. The molecule has 8 N–H and O–H groups in total. The zero-order valence-electron chi connectivity index (χ0n) is 28.9. The number of methoxy groups -OCH3 is 1. The van der Waals surface area contributed by atoms with Gasteiger partial charge < -0.3 is 55.6 Å². The molecule has 3 fully saturated rings. The van der Waals surface area contributed by atoms with Crippen molar-refractivity contribution in [1.82, 2.24) is 29.2 Å². The lowest BCUT2D eigenvalue weighted by Crippen LogP contribution is -2.40. The number of anilines is 2. The van der Waals surface area contributed by atoms with E-state index in [9.17, 15) is 30.9 Å². The van der Waals surface area contributed by atoms with Gasteiger partial charge in [0.2, 0.25) is 11.2 Å². The van der Waals surface area contributed by atoms with E-state index in [4.69, 9.17) is 35.2 Å². The normalized spacial score (nSPS) is 30.9. The first-order valence-corrected chi connectivity index (χ1v) is 15.9. The van der Waals surface area contributed by atoms with Gasteiger partial charge in [0.25, 0.3) is 0 Å². The van der Waals surface area contributed by atoms with Crippen molar-refractivity contribution in [3.63, 3.8) is 0 Å². The van der Waals surface area contributed by atoms with Gasteiger partial charge in [0.15, 0.2) is 17.4 Å². The van der Waals surface area contributed by atoms with Gasteiger partial charge in [-0.1, -0.05) is 0 Å². The summed E-state index contributed by atoms with van der Waals surface area (Å²) in [5, 5.41) is 66.6. The molecule has 3 aliphatic rings.